The van der Waals surface area contributed by atoms with Crippen molar-refractivity contribution in [2.24, 2.45) is 0 Å². The van der Waals surface area contributed by atoms with Crippen LogP contribution in [0.5, 0.6) is 0 Å². The molecule has 1 heterocycles. The molecular weight excluding hydrogens is 264 g/mol. The lowest BCUT2D eigenvalue weighted by atomic mass is 10.1. The summed E-state index contributed by atoms with van der Waals surface area (Å²) in [7, 11) is 0. The van der Waals surface area contributed by atoms with Crippen molar-refractivity contribution in [2.75, 3.05) is 0 Å². The Morgan fingerprint density at radius 3 is 3.00 bits per heavy atom. The second kappa shape index (κ2) is 3.64. The summed E-state index contributed by atoms with van der Waals surface area (Å²) < 4.78 is 2.54. The molecule has 0 amide bonds. The highest BCUT2D eigenvalue weighted by atomic mass is 79.9. The maximum Gasteiger partial charge on any atom is 0.0488 e. The molecule has 0 N–H and O–H groups in total. The predicted octanol–water partition coefficient (Wildman–Crippen LogP) is 4.51. The van der Waals surface area contributed by atoms with Gasteiger partial charge in [0.2, 0.25) is 0 Å². The number of hydrogen-bond donors (Lipinski definition) is 1. The molecule has 2 aromatic rings. The van der Waals surface area contributed by atoms with Crippen molar-refractivity contribution < 1.29 is 0 Å². The van der Waals surface area contributed by atoms with Gasteiger partial charge in [0, 0.05) is 14.1 Å². The average molecular weight is 273 g/mol. The zero-order valence-corrected chi connectivity index (χ0v) is 10.5. The molecule has 1 aromatic heterocycles. The average Bonchev–Trinajstić information content (AvgIpc) is 2.53. The molecular formula is C10H9BrS2. The summed E-state index contributed by atoms with van der Waals surface area (Å²) in [5.74, 6) is 0. The largest absolute Gasteiger partial charge is 0.143 e. The smallest absolute Gasteiger partial charge is 0.0488 e. The highest BCUT2D eigenvalue weighted by Crippen LogP contribution is 2.35. The van der Waals surface area contributed by atoms with E-state index in [-0.39, 0.29) is 0 Å². The zero-order valence-electron chi connectivity index (χ0n) is 7.17. The van der Waals surface area contributed by atoms with Gasteiger partial charge in [-0.25, -0.2) is 0 Å². The van der Waals surface area contributed by atoms with Crippen molar-refractivity contribution >= 4 is 50.0 Å². The van der Waals surface area contributed by atoms with Gasteiger partial charge in [0.1, 0.15) is 0 Å². The third kappa shape index (κ3) is 1.53. The molecule has 0 aliphatic carbocycles. The van der Waals surface area contributed by atoms with Gasteiger partial charge in [0.15, 0.2) is 0 Å². The van der Waals surface area contributed by atoms with Gasteiger partial charge in [0.25, 0.3) is 0 Å². The maximum absolute atomic E-state index is 4.47. The minimum Gasteiger partial charge on any atom is -0.143 e. The number of thiophene rings is 1. The van der Waals surface area contributed by atoms with Crippen molar-refractivity contribution in [1.29, 1.82) is 0 Å². The van der Waals surface area contributed by atoms with Crippen molar-refractivity contribution in [1.82, 2.24) is 0 Å². The SMILES string of the molecule is CCc1c(S)cc2ccsc2c1Br. The number of halogens is 1. The van der Waals surface area contributed by atoms with Crippen LogP contribution in [0.4, 0.5) is 0 Å². The second-order valence-corrected chi connectivity index (χ2v) is 5.07. The molecule has 0 aliphatic heterocycles. The summed E-state index contributed by atoms with van der Waals surface area (Å²) in [6, 6.07) is 4.27. The first-order chi connectivity index (χ1) is 6.24. The van der Waals surface area contributed by atoms with Crippen molar-refractivity contribution in [3.8, 4) is 0 Å². The molecule has 0 unspecified atom stereocenters. The lowest BCUT2D eigenvalue weighted by Crippen LogP contribution is -1.85. The highest BCUT2D eigenvalue weighted by molar-refractivity contribution is 9.10. The van der Waals surface area contributed by atoms with E-state index >= 15 is 0 Å². The highest BCUT2D eigenvalue weighted by Gasteiger charge is 2.08. The number of benzene rings is 1. The van der Waals surface area contributed by atoms with Crippen LogP contribution in [0.15, 0.2) is 26.9 Å². The normalized spacial score (nSPS) is 11.0. The Morgan fingerprint density at radius 2 is 2.31 bits per heavy atom. The Hall–Kier alpha value is 0.01000. The van der Waals surface area contributed by atoms with Gasteiger partial charge in [-0.3, -0.25) is 0 Å². The van der Waals surface area contributed by atoms with E-state index in [2.05, 4.69) is 53.0 Å². The van der Waals surface area contributed by atoms with Crippen LogP contribution < -0.4 is 0 Å². The molecule has 3 heteroatoms. The monoisotopic (exact) mass is 272 g/mol. The molecule has 0 spiro atoms. The first-order valence-corrected chi connectivity index (χ1v) is 6.23. The van der Waals surface area contributed by atoms with E-state index in [0.29, 0.717) is 0 Å². The van der Waals surface area contributed by atoms with E-state index < -0.39 is 0 Å². The van der Waals surface area contributed by atoms with Crippen molar-refractivity contribution in [2.45, 2.75) is 18.2 Å². The second-order valence-electron chi connectivity index (χ2n) is 2.88. The van der Waals surface area contributed by atoms with Gasteiger partial charge in [0.05, 0.1) is 0 Å². The molecule has 2 rings (SSSR count). The third-order valence-corrected chi connectivity index (χ3v) is 4.60. The fourth-order valence-corrected chi connectivity index (χ4v) is 3.84. The Kier molecular flexibility index (Phi) is 2.67. The molecule has 0 fully saturated rings. The molecule has 0 aliphatic rings. The molecule has 1 aromatic carbocycles. The van der Waals surface area contributed by atoms with E-state index in [1.54, 1.807) is 11.3 Å². The van der Waals surface area contributed by atoms with Crippen LogP contribution in [0.2, 0.25) is 0 Å². The van der Waals surface area contributed by atoms with Gasteiger partial charge in [-0.1, -0.05) is 6.92 Å². The van der Waals surface area contributed by atoms with Gasteiger partial charge in [-0.15, -0.1) is 24.0 Å². The predicted molar refractivity (Wildman–Crippen MR) is 66.2 cm³/mol. The number of fused-ring (bicyclic) bond motifs is 1. The minimum absolute atomic E-state index is 1.02. The van der Waals surface area contributed by atoms with Crippen LogP contribution in [-0.4, -0.2) is 0 Å². The van der Waals surface area contributed by atoms with Crippen LogP contribution in [0.25, 0.3) is 10.1 Å². The fraction of sp³-hybridized carbons (Fsp3) is 0.200. The maximum atomic E-state index is 4.47. The molecule has 0 radical (unpaired) electrons. The Morgan fingerprint density at radius 1 is 1.54 bits per heavy atom. The molecule has 13 heavy (non-hydrogen) atoms. The molecule has 0 bridgehead atoms. The van der Waals surface area contributed by atoms with Crippen molar-refractivity contribution in [3.05, 3.63) is 27.5 Å². The van der Waals surface area contributed by atoms with E-state index in [9.17, 15) is 0 Å². The van der Waals surface area contributed by atoms with Gasteiger partial charge in [-0.2, -0.15) is 0 Å². The number of hydrogen-bond acceptors (Lipinski definition) is 2. The van der Waals surface area contributed by atoms with E-state index in [1.165, 1.54) is 20.1 Å². The van der Waals surface area contributed by atoms with E-state index in [1.807, 2.05) is 0 Å². The summed E-state index contributed by atoms with van der Waals surface area (Å²) in [6.07, 6.45) is 1.02. The van der Waals surface area contributed by atoms with Crippen molar-refractivity contribution in [3.63, 3.8) is 0 Å². The van der Waals surface area contributed by atoms with Gasteiger partial charge < -0.3 is 0 Å². The van der Waals surface area contributed by atoms with Gasteiger partial charge in [-0.05, 0) is 50.8 Å². The zero-order chi connectivity index (χ0) is 9.42. The molecule has 68 valence electrons. The summed E-state index contributed by atoms with van der Waals surface area (Å²) in [6.45, 7) is 2.15. The molecule has 0 atom stereocenters. The molecule has 0 saturated heterocycles. The summed E-state index contributed by atoms with van der Waals surface area (Å²) in [5.41, 5.74) is 1.30. The summed E-state index contributed by atoms with van der Waals surface area (Å²) in [5, 5.41) is 3.39. The first-order valence-electron chi connectivity index (χ1n) is 4.11. The fourth-order valence-electron chi connectivity index (χ4n) is 1.43. The molecule has 0 nitrogen and oxygen atoms in total. The van der Waals surface area contributed by atoms with Crippen LogP contribution in [0.3, 0.4) is 0 Å². The number of thiol groups is 1. The summed E-state index contributed by atoms with van der Waals surface area (Å²) >= 11 is 9.88. The lowest BCUT2D eigenvalue weighted by Gasteiger charge is -2.05. The van der Waals surface area contributed by atoms with Crippen LogP contribution in [0, 0.1) is 0 Å². The number of rotatable bonds is 1. The Labute approximate surface area is 95.5 Å². The summed E-state index contributed by atoms with van der Waals surface area (Å²) in [4.78, 5) is 1.08. The van der Waals surface area contributed by atoms with Gasteiger partial charge >= 0.3 is 0 Å². The van der Waals surface area contributed by atoms with E-state index in [0.717, 1.165) is 11.3 Å². The topological polar surface area (TPSA) is 0 Å². The van der Waals surface area contributed by atoms with Crippen LogP contribution in [-0.2, 0) is 6.42 Å². The Balaban J connectivity index is 2.85. The minimum atomic E-state index is 1.02. The first kappa shape index (κ1) is 9.56. The van der Waals surface area contributed by atoms with Crippen LogP contribution in [0.1, 0.15) is 12.5 Å². The van der Waals surface area contributed by atoms with Crippen LogP contribution >= 0.6 is 39.9 Å². The van der Waals surface area contributed by atoms with E-state index in [4.69, 9.17) is 0 Å². The Bertz CT molecular complexity index is 445. The quantitative estimate of drug-likeness (QED) is 0.726. The standard InChI is InChI=1S/C10H9BrS2/c1-2-7-8(12)5-6-3-4-13-10(6)9(7)11/h3-5,12H,2H2,1H3. The third-order valence-electron chi connectivity index (χ3n) is 2.11. The lowest BCUT2D eigenvalue weighted by molar-refractivity contribution is 1.08. The molecule has 0 saturated carbocycles.